The fourth-order valence-electron chi connectivity index (χ4n) is 3.19. The van der Waals surface area contributed by atoms with Gasteiger partial charge in [0.15, 0.2) is 0 Å². The summed E-state index contributed by atoms with van der Waals surface area (Å²) in [7, 11) is 0. The molecule has 0 spiro atoms. The lowest BCUT2D eigenvalue weighted by Crippen LogP contribution is -2.38. The lowest BCUT2D eigenvalue weighted by atomic mass is 10.1. The molecule has 2 N–H and O–H groups in total. The van der Waals surface area contributed by atoms with E-state index in [1.165, 1.54) is 6.08 Å². The fraction of sp³-hybridized carbons (Fsp3) is 0.500. The average Bonchev–Trinajstić information content (AvgIpc) is 2.78. The van der Waals surface area contributed by atoms with E-state index in [0.717, 1.165) is 57.5 Å². The quantitative estimate of drug-likeness (QED) is 0.720. The Kier molecular flexibility index (Phi) is 6.32. The summed E-state index contributed by atoms with van der Waals surface area (Å²) in [6.07, 6.45) is 5.13. The highest BCUT2D eigenvalue weighted by molar-refractivity contribution is 5.93. The number of nitrogens with zero attached hydrogens (tertiary/aromatic N) is 3. The molecule has 0 saturated carbocycles. The molecule has 140 valence electrons. The van der Waals surface area contributed by atoms with Crippen LogP contribution in [0.4, 0.5) is 5.82 Å². The number of hydrogen-bond donors (Lipinski definition) is 2. The zero-order chi connectivity index (χ0) is 18.4. The third kappa shape index (κ3) is 5.35. The van der Waals surface area contributed by atoms with Crippen LogP contribution in [0.25, 0.3) is 6.08 Å². The molecule has 0 radical (unpaired) electrons. The molecule has 0 bridgehead atoms. The number of rotatable bonds is 6. The summed E-state index contributed by atoms with van der Waals surface area (Å²) in [6.45, 7) is 6.26. The number of carboxylic acid groups (broad SMARTS) is 1. The number of ether oxygens (including phenoxy) is 1. The Labute approximate surface area is 152 Å². The Morgan fingerprint density at radius 3 is 2.81 bits per heavy atom. The highest BCUT2D eigenvalue weighted by atomic mass is 16.5. The van der Waals surface area contributed by atoms with E-state index in [0.29, 0.717) is 24.5 Å². The van der Waals surface area contributed by atoms with E-state index < -0.39 is 5.97 Å². The van der Waals surface area contributed by atoms with Gasteiger partial charge in [0.25, 0.3) is 0 Å². The van der Waals surface area contributed by atoms with Crippen molar-refractivity contribution in [2.45, 2.75) is 13.0 Å². The third-order valence-electron chi connectivity index (χ3n) is 4.48. The molecule has 0 unspecified atom stereocenters. The molecular formula is C18H24N4O4. The summed E-state index contributed by atoms with van der Waals surface area (Å²) in [6, 6.07) is 1.88. The van der Waals surface area contributed by atoms with Crippen molar-refractivity contribution in [3.8, 4) is 0 Å². The molecule has 1 amide bonds. The number of aromatic nitrogens is 1. The zero-order valence-corrected chi connectivity index (χ0v) is 14.7. The van der Waals surface area contributed by atoms with Gasteiger partial charge in [0.2, 0.25) is 5.91 Å². The number of carbonyl (C=O) groups excluding carboxylic acids is 1. The molecule has 3 heterocycles. The minimum absolute atomic E-state index is 0.0727. The Bertz CT molecular complexity index is 686. The molecule has 1 aromatic heterocycles. The van der Waals surface area contributed by atoms with Gasteiger partial charge in [0, 0.05) is 44.0 Å². The predicted octanol–water partition coefficient (Wildman–Crippen LogP) is 0.656. The van der Waals surface area contributed by atoms with Crippen molar-refractivity contribution in [1.29, 1.82) is 0 Å². The van der Waals surface area contributed by atoms with Crippen molar-refractivity contribution < 1.29 is 19.4 Å². The number of morpholine rings is 1. The van der Waals surface area contributed by atoms with Gasteiger partial charge >= 0.3 is 5.97 Å². The lowest BCUT2D eigenvalue weighted by molar-refractivity contribution is -0.131. The molecule has 0 atom stereocenters. The van der Waals surface area contributed by atoms with Crippen molar-refractivity contribution >= 4 is 23.8 Å². The van der Waals surface area contributed by atoms with Crippen LogP contribution in [0.2, 0.25) is 0 Å². The van der Waals surface area contributed by atoms with Gasteiger partial charge in [0.05, 0.1) is 19.8 Å². The number of fused-ring (bicyclic) bond motifs is 1. The zero-order valence-electron chi connectivity index (χ0n) is 14.7. The molecular weight excluding hydrogens is 336 g/mol. The maximum Gasteiger partial charge on any atom is 0.328 e. The minimum Gasteiger partial charge on any atom is -0.478 e. The second-order valence-corrected chi connectivity index (χ2v) is 6.51. The molecule has 3 rings (SSSR count). The first-order chi connectivity index (χ1) is 12.6. The third-order valence-corrected chi connectivity index (χ3v) is 4.48. The Morgan fingerprint density at radius 2 is 2.04 bits per heavy atom. The molecule has 0 aliphatic carbocycles. The molecule has 1 aromatic rings. The van der Waals surface area contributed by atoms with Crippen molar-refractivity contribution in [2.75, 3.05) is 51.3 Å². The number of anilines is 1. The lowest BCUT2D eigenvalue weighted by Gasteiger charge is -2.27. The molecule has 2 aliphatic rings. The number of nitrogens with one attached hydrogen (secondary N) is 1. The van der Waals surface area contributed by atoms with Gasteiger partial charge in [0.1, 0.15) is 5.82 Å². The molecule has 8 nitrogen and oxygen atoms in total. The van der Waals surface area contributed by atoms with Crippen molar-refractivity contribution in [3.63, 3.8) is 0 Å². The highest BCUT2D eigenvalue weighted by Gasteiger charge is 2.20. The summed E-state index contributed by atoms with van der Waals surface area (Å²) in [5.74, 6) is -0.521. The van der Waals surface area contributed by atoms with Crippen LogP contribution in [-0.2, 0) is 20.9 Å². The minimum atomic E-state index is -1.00. The van der Waals surface area contributed by atoms with E-state index in [4.69, 9.17) is 9.84 Å². The topological polar surface area (TPSA) is 95.0 Å². The largest absolute Gasteiger partial charge is 0.478 e. The first kappa shape index (κ1) is 18.5. The summed E-state index contributed by atoms with van der Waals surface area (Å²) < 4.78 is 5.36. The Morgan fingerprint density at radius 1 is 1.27 bits per heavy atom. The number of carbonyl (C=O) groups is 2. The van der Waals surface area contributed by atoms with E-state index >= 15 is 0 Å². The monoisotopic (exact) mass is 360 g/mol. The fourth-order valence-corrected chi connectivity index (χ4v) is 3.19. The summed E-state index contributed by atoms with van der Waals surface area (Å²) in [5, 5.41) is 11.6. The van der Waals surface area contributed by atoms with Crippen LogP contribution < -0.4 is 5.32 Å². The number of hydrogen-bond acceptors (Lipinski definition) is 6. The Hall–Kier alpha value is -2.29. The number of amides is 1. The van der Waals surface area contributed by atoms with Crippen LogP contribution in [-0.4, -0.2) is 77.7 Å². The summed E-state index contributed by atoms with van der Waals surface area (Å²) in [4.78, 5) is 31.5. The van der Waals surface area contributed by atoms with E-state index in [-0.39, 0.29) is 5.91 Å². The molecule has 0 aromatic carbocycles. The van der Waals surface area contributed by atoms with Crippen LogP contribution >= 0.6 is 0 Å². The van der Waals surface area contributed by atoms with Gasteiger partial charge in [-0.2, -0.15) is 0 Å². The number of aliphatic carboxylic acids is 1. The highest BCUT2D eigenvalue weighted by Crippen LogP contribution is 2.20. The second-order valence-electron chi connectivity index (χ2n) is 6.51. The van der Waals surface area contributed by atoms with Gasteiger partial charge in [-0.3, -0.25) is 14.6 Å². The SMILES string of the molecule is O=C(O)C=Cc1cnc2c(c1)CN(CCCN1CCOCC1)CC(=O)N2. The maximum absolute atomic E-state index is 12.1. The van der Waals surface area contributed by atoms with Gasteiger partial charge < -0.3 is 15.2 Å². The molecule has 8 heteroatoms. The van der Waals surface area contributed by atoms with Gasteiger partial charge in [-0.05, 0) is 30.7 Å². The second kappa shape index (κ2) is 8.88. The van der Waals surface area contributed by atoms with Crippen molar-refractivity contribution in [1.82, 2.24) is 14.8 Å². The first-order valence-corrected chi connectivity index (χ1v) is 8.82. The maximum atomic E-state index is 12.1. The van der Waals surface area contributed by atoms with E-state index in [2.05, 4.69) is 20.1 Å². The smallest absolute Gasteiger partial charge is 0.328 e. The number of pyridine rings is 1. The van der Waals surface area contributed by atoms with Crippen LogP contribution in [0.15, 0.2) is 18.3 Å². The van der Waals surface area contributed by atoms with E-state index in [9.17, 15) is 9.59 Å². The van der Waals surface area contributed by atoms with Crippen molar-refractivity contribution in [3.05, 3.63) is 29.5 Å². The van der Waals surface area contributed by atoms with Gasteiger partial charge in [-0.1, -0.05) is 0 Å². The predicted molar refractivity (Wildman–Crippen MR) is 96.7 cm³/mol. The molecule has 2 aliphatic heterocycles. The standard InChI is InChI=1S/C18H24N4O4/c23-16-13-22(5-1-4-21-6-8-26-9-7-21)12-15-10-14(2-3-17(24)25)11-19-18(15)20-16/h2-3,10-11H,1,4-9,12-13H2,(H,24,25)(H,19,20,23). The first-order valence-electron chi connectivity index (χ1n) is 8.82. The molecule has 1 saturated heterocycles. The summed E-state index contributed by atoms with van der Waals surface area (Å²) in [5.41, 5.74) is 1.60. The van der Waals surface area contributed by atoms with Gasteiger partial charge in [-0.25, -0.2) is 9.78 Å². The molecule has 1 fully saturated rings. The van der Waals surface area contributed by atoms with Gasteiger partial charge in [-0.15, -0.1) is 0 Å². The average molecular weight is 360 g/mol. The summed E-state index contributed by atoms with van der Waals surface area (Å²) >= 11 is 0. The van der Waals surface area contributed by atoms with Crippen LogP contribution in [0.3, 0.4) is 0 Å². The number of carboxylic acids is 1. The molecule has 26 heavy (non-hydrogen) atoms. The normalized spacial score (nSPS) is 19.2. The van der Waals surface area contributed by atoms with Crippen LogP contribution in [0, 0.1) is 0 Å². The van der Waals surface area contributed by atoms with Crippen LogP contribution in [0.1, 0.15) is 17.5 Å². The van der Waals surface area contributed by atoms with Crippen molar-refractivity contribution in [2.24, 2.45) is 0 Å². The van der Waals surface area contributed by atoms with E-state index in [1.54, 1.807) is 6.20 Å². The van der Waals surface area contributed by atoms with Crippen LogP contribution in [0.5, 0.6) is 0 Å². The van der Waals surface area contributed by atoms with E-state index in [1.807, 2.05) is 6.07 Å². The Balaban J connectivity index is 1.61.